The largest absolute Gasteiger partial charge is 0.494 e. The minimum absolute atomic E-state index is 0.528. The molecule has 0 radical (unpaired) electrons. The van der Waals surface area contributed by atoms with Crippen LogP contribution in [0.3, 0.4) is 0 Å². The molecule has 1 fully saturated rings. The first-order chi connectivity index (χ1) is 15.1. The van der Waals surface area contributed by atoms with E-state index < -0.39 is 0 Å². The fraction of sp³-hybridized carbons (Fsp3) is 0.591. The summed E-state index contributed by atoms with van der Waals surface area (Å²) >= 11 is 0. The molecule has 0 aliphatic carbocycles. The van der Waals surface area contributed by atoms with E-state index in [2.05, 4.69) is 50.9 Å². The van der Waals surface area contributed by atoms with Crippen LogP contribution in [0.4, 0.5) is 0 Å². The van der Waals surface area contributed by atoms with Gasteiger partial charge in [0.05, 0.1) is 32.9 Å². The Labute approximate surface area is 184 Å². The molecule has 2 N–H and O–H groups in total. The molecule has 1 aromatic heterocycles. The van der Waals surface area contributed by atoms with Gasteiger partial charge in [-0.25, -0.2) is 4.99 Å². The minimum Gasteiger partial charge on any atom is -0.494 e. The predicted octanol–water partition coefficient (Wildman–Crippen LogP) is 1.40. The fourth-order valence-corrected chi connectivity index (χ4v) is 3.35. The lowest BCUT2D eigenvalue weighted by Crippen LogP contribution is -2.44. The van der Waals surface area contributed by atoms with Crippen molar-refractivity contribution in [1.29, 1.82) is 0 Å². The van der Waals surface area contributed by atoms with Crippen LogP contribution >= 0.6 is 0 Å². The normalized spacial score (nSPS) is 15.2. The smallest absolute Gasteiger partial charge is 0.192 e. The summed E-state index contributed by atoms with van der Waals surface area (Å²) in [6, 6.07) is 6.24. The molecule has 31 heavy (non-hydrogen) atoms. The summed E-state index contributed by atoms with van der Waals surface area (Å²) < 4.78 is 13.2. The van der Waals surface area contributed by atoms with Gasteiger partial charge in [0.15, 0.2) is 11.8 Å². The van der Waals surface area contributed by atoms with E-state index in [1.807, 2.05) is 25.5 Å². The van der Waals surface area contributed by atoms with Gasteiger partial charge in [0.2, 0.25) is 0 Å². The molecular weight excluding hydrogens is 394 g/mol. The van der Waals surface area contributed by atoms with Crippen LogP contribution in [-0.4, -0.2) is 71.6 Å². The highest BCUT2D eigenvalue weighted by Gasteiger charge is 2.11. The highest BCUT2D eigenvalue weighted by molar-refractivity contribution is 5.79. The Kier molecular flexibility index (Phi) is 8.66. The van der Waals surface area contributed by atoms with Crippen LogP contribution < -0.4 is 15.4 Å². The van der Waals surface area contributed by atoms with Crippen molar-refractivity contribution in [3.8, 4) is 5.75 Å². The molecule has 1 aliphatic rings. The number of aryl methyl sites for hydroxylation is 2. The molecule has 1 aromatic carbocycles. The number of aliphatic imine (C=N–C) groups is 1. The van der Waals surface area contributed by atoms with Gasteiger partial charge < -0.3 is 24.7 Å². The maximum Gasteiger partial charge on any atom is 0.192 e. The standard InChI is InChI=1S/C22H35N7O2/c1-5-31-20-14-17(2)6-7-19(20)15-24-22(23-8-9-29-10-12-30-13-11-29)25-16-21-27-26-18(3)28(21)4/h6-7,14H,5,8-13,15-16H2,1-4H3,(H2,23,24,25). The van der Waals surface area contributed by atoms with Gasteiger partial charge >= 0.3 is 0 Å². The predicted molar refractivity (Wildman–Crippen MR) is 121 cm³/mol. The second-order valence-corrected chi connectivity index (χ2v) is 7.67. The van der Waals surface area contributed by atoms with Crippen LogP contribution in [0.2, 0.25) is 0 Å². The van der Waals surface area contributed by atoms with Crippen molar-refractivity contribution < 1.29 is 9.47 Å². The maximum atomic E-state index is 5.81. The molecule has 0 saturated carbocycles. The zero-order valence-electron chi connectivity index (χ0n) is 19.1. The molecule has 0 atom stereocenters. The van der Waals surface area contributed by atoms with Gasteiger partial charge in [-0.15, -0.1) is 10.2 Å². The third-order valence-electron chi connectivity index (χ3n) is 5.35. The Morgan fingerprint density at radius 1 is 1.19 bits per heavy atom. The monoisotopic (exact) mass is 429 g/mol. The summed E-state index contributed by atoms with van der Waals surface area (Å²) in [6.07, 6.45) is 0. The summed E-state index contributed by atoms with van der Waals surface area (Å²) in [7, 11) is 1.97. The van der Waals surface area contributed by atoms with Crippen molar-refractivity contribution in [3.63, 3.8) is 0 Å². The second kappa shape index (κ2) is 11.7. The van der Waals surface area contributed by atoms with E-state index in [-0.39, 0.29) is 0 Å². The third-order valence-corrected chi connectivity index (χ3v) is 5.35. The lowest BCUT2D eigenvalue weighted by molar-refractivity contribution is 0.0389. The van der Waals surface area contributed by atoms with E-state index in [4.69, 9.17) is 14.5 Å². The molecule has 0 spiro atoms. The highest BCUT2D eigenvalue weighted by Crippen LogP contribution is 2.21. The Hall–Kier alpha value is -2.65. The van der Waals surface area contributed by atoms with Gasteiger partial charge in [0.1, 0.15) is 11.6 Å². The summed E-state index contributed by atoms with van der Waals surface area (Å²) in [6.45, 7) is 13.0. The molecule has 0 amide bonds. The second-order valence-electron chi connectivity index (χ2n) is 7.67. The molecule has 0 bridgehead atoms. The first kappa shape index (κ1) is 23.0. The zero-order chi connectivity index (χ0) is 22.1. The summed E-state index contributed by atoms with van der Waals surface area (Å²) in [5.74, 6) is 3.39. The third kappa shape index (κ3) is 6.93. The van der Waals surface area contributed by atoms with Crippen LogP contribution in [0.15, 0.2) is 23.2 Å². The van der Waals surface area contributed by atoms with Crippen molar-refractivity contribution in [2.24, 2.45) is 12.0 Å². The molecule has 1 aliphatic heterocycles. The van der Waals surface area contributed by atoms with Gasteiger partial charge in [-0.2, -0.15) is 0 Å². The number of rotatable bonds is 9. The van der Waals surface area contributed by atoms with E-state index >= 15 is 0 Å². The maximum absolute atomic E-state index is 5.81. The van der Waals surface area contributed by atoms with Crippen LogP contribution in [-0.2, 0) is 24.9 Å². The number of benzene rings is 1. The highest BCUT2D eigenvalue weighted by atomic mass is 16.5. The van der Waals surface area contributed by atoms with E-state index in [0.717, 1.165) is 68.3 Å². The first-order valence-corrected chi connectivity index (χ1v) is 11.0. The number of aromatic nitrogens is 3. The van der Waals surface area contributed by atoms with E-state index in [0.29, 0.717) is 19.7 Å². The summed E-state index contributed by atoms with van der Waals surface area (Å²) in [4.78, 5) is 7.21. The number of hydrogen-bond donors (Lipinski definition) is 2. The summed E-state index contributed by atoms with van der Waals surface area (Å²) in [5.41, 5.74) is 2.24. The SMILES string of the molecule is CCOc1cc(C)ccc1CN=C(NCCN1CCOCC1)NCc1nnc(C)n1C. The van der Waals surface area contributed by atoms with Crippen LogP contribution in [0, 0.1) is 13.8 Å². The lowest BCUT2D eigenvalue weighted by Gasteiger charge is -2.26. The molecule has 9 nitrogen and oxygen atoms in total. The van der Waals surface area contributed by atoms with E-state index in [1.54, 1.807) is 0 Å². The number of ether oxygens (including phenoxy) is 2. The van der Waals surface area contributed by atoms with E-state index in [1.165, 1.54) is 5.56 Å². The molecule has 0 unspecified atom stereocenters. The van der Waals surface area contributed by atoms with Gasteiger partial charge in [-0.1, -0.05) is 12.1 Å². The molecule has 2 heterocycles. The molecular formula is C22H35N7O2. The average Bonchev–Trinajstić information content (AvgIpc) is 3.09. The van der Waals surface area contributed by atoms with Gasteiger partial charge in [-0.05, 0) is 32.4 Å². The van der Waals surface area contributed by atoms with Crippen LogP contribution in [0.25, 0.3) is 0 Å². The number of nitrogens with one attached hydrogen (secondary N) is 2. The topological polar surface area (TPSA) is 88.8 Å². The van der Waals surface area contributed by atoms with Crippen LogP contribution in [0.5, 0.6) is 5.75 Å². The molecule has 1 saturated heterocycles. The van der Waals surface area contributed by atoms with Crippen molar-refractivity contribution in [3.05, 3.63) is 41.0 Å². The first-order valence-electron chi connectivity index (χ1n) is 11.0. The molecule has 2 aromatic rings. The molecule has 170 valence electrons. The number of guanidine groups is 1. The Morgan fingerprint density at radius 3 is 2.71 bits per heavy atom. The number of nitrogens with zero attached hydrogens (tertiary/aromatic N) is 5. The quantitative estimate of drug-likeness (QED) is 0.460. The van der Waals surface area contributed by atoms with Crippen molar-refractivity contribution >= 4 is 5.96 Å². The van der Waals surface area contributed by atoms with Crippen molar-refractivity contribution in [2.45, 2.75) is 33.9 Å². The van der Waals surface area contributed by atoms with Gasteiger partial charge in [0.25, 0.3) is 0 Å². The lowest BCUT2D eigenvalue weighted by atomic mass is 10.1. The molecule has 3 rings (SSSR count). The number of hydrogen-bond acceptors (Lipinski definition) is 6. The van der Waals surface area contributed by atoms with Crippen molar-refractivity contribution in [2.75, 3.05) is 46.0 Å². The van der Waals surface area contributed by atoms with Gasteiger partial charge in [0, 0.05) is 38.8 Å². The Morgan fingerprint density at radius 2 is 2.00 bits per heavy atom. The zero-order valence-corrected chi connectivity index (χ0v) is 19.1. The minimum atomic E-state index is 0.528. The Bertz CT molecular complexity index is 860. The van der Waals surface area contributed by atoms with E-state index in [9.17, 15) is 0 Å². The average molecular weight is 430 g/mol. The summed E-state index contributed by atoms with van der Waals surface area (Å²) in [5, 5.41) is 15.2. The Balaban J connectivity index is 1.65. The van der Waals surface area contributed by atoms with Crippen molar-refractivity contribution in [1.82, 2.24) is 30.3 Å². The fourth-order valence-electron chi connectivity index (χ4n) is 3.35. The molecule has 9 heteroatoms. The number of morpholine rings is 1. The van der Waals surface area contributed by atoms with Gasteiger partial charge in [-0.3, -0.25) is 4.90 Å². The van der Waals surface area contributed by atoms with Crippen LogP contribution in [0.1, 0.15) is 29.7 Å².